The summed E-state index contributed by atoms with van der Waals surface area (Å²) in [5, 5.41) is 0.805. The van der Waals surface area contributed by atoms with Crippen LogP contribution in [0.2, 0.25) is 0 Å². The Balaban J connectivity index is 1.89. The van der Waals surface area contributed by atoms with Crippen molar-refractivity contribution in [3.05, 3.63) is 65.9 Å². The Labute approximate surface area is 166 Å². The van der Waals surface area contributed by atoms with E-state index in [4.69, 9.17) is 4.74 Å². The summed E-state index contributed by atoms with van der Waals surface area (Å²) >= 11 is 0. The molecule has 28 heavy (non-hydrogen) atoms. The number of benzene rings is 2. The Hall–Kier alpha value is -2.48. The first-order chi connectivity index (χ1) is 13.3. The van der Waals surface area contributed by atoms with Crippen molar-refractivity contribution in [1.82, 2.24) is 14.6 Å². The van der Waals surface area contributed by atoms with Gasteiger partial charge in [0.25, 0.3) is 0 Å². The zero-order valence-electron chi connectivity index (χ0n) is 16.5. The van der Waals surface area contributed by atoms with Gasteiger partial charge in [-0.1, -0.05) is 24.3 Å². The maximum absolute atomic E-state index is 13.0. The van der Waals surface area contributed by atoms with E-state index < -0.39 is 10.0 Å². The summed E-state index contributed by atoms with van der Waals surface area (Å²) < 4.78 is 34.1. The zero-order valence-corrected chi connectivity index (χ0v) is 17.3. The Kier molecular flexibility index (Phi) is 5.98. The lowest BCUT2D eigenvalue weighted by molar-refractivity contribution is 0.298. The molecule has 0 spiro atoms. The van der Waals surface area contributed by atoms with Crippen LogP contribution in [0.1, 0.15) is 17.2 Å². The molecule has 0 saturated heterocycles. The molecule has 1 N–H and O–H groups in total. The van der Waals surface area contributed by atoms with Gasteiger partial charge in [-0.25, -0.2) is 13.1 Å². The van der Waals surface area contributed by atoms with E-state index in [0.717, 1.165) is 22.3 Å². The standard InChI is InChI=1S/C21H25N3O3S/c1-15-11-17-8-6-10-20(21(17)22-13-15)28(25,26)23-14-19(24(2)3)16-7-5-9-18(12-16)27-4/h5-13,19,23H,14H2,1-4H3. The Bertz CT molecular complexity index is 1080. The van der Waals surface area contributed by atoms with Crippen LogP contribution in [0.25, 0.3) is 10.9 Å². The summed E-state index contributed by atoms with van der Waals surface area (Å²) in [6, 6.07) is 14.6. The Morgan fingerprint density at radius 1 is 1.14 bits per heavy atom. The number of nitrogens with one attached hydrogen (secondary N) is 1. The molecule has 148 valence electrons. The van der Waals surface area contributed by atoms with Crippen LogP contribution in [0, 0.1) is 6.92 Å². The fraction of sp³-hybridized carbons (Fsp3) is 0.286. The quantitative estimate of drug-likeness (QED) is 0.661. The third-order valence-corrected chi connectivity index (χ3v) is 6.12. The van der Waals surface area contributed by atoms with E-state index in [1.54, 1.807) is 25.4 Å². The van der Waals surface area contributed by atoms with Gasteiger partial charge in [0.05, 0.1) is 12.6 Å². The molecule has 0 bridgehead atoms. The molecule has 0 aliphatic heterocycles. The molecule has 1 unspecified atom stereocenters. The fourth-order valence-electron chi connectivity index (χ4n) is 3.17. The van der Waals surface area contributed by atoms with Crippen LogP contribution in [0.3, 0.4) is 0 Å². The van der Waals surface area contributed by atoms with E-state index in [-0.39, 0.29) is 17.5 Å². The van der Waals surface area contributed by atoms with Gasteiger partial charge in [-0.2, -0.15) is 0 Å². The summed E-state index contributed by atoms with van der Waals surface area (Å²) in [6.07, 6.45) is 1.68. The number of aromatic nitrogens is 1. The summed E-state index contributed by atoms with van der Waals surface area (Å²) in [4.78, 5) is 6.51. The van der Waals surface area contributed by atoms with Gasteiger partial charge in [-0.15, -0.1) is 0 Å². The van der Waals surface area contributed by atoms with E-state index in [1.165, 1.54) is 0 Å². The Morgan fingerprint density at radius 2 is 1.89 bits per heavy atom. The van der Waals surface area contributed by atoms with Crippen molar-refractivity contribution in [1.29, 1.82) is 0 Å². The highest BCUT2D eigenvalue weighted by Gasteiger charge is 2.22. The number of ether oxygens (including phenoxy) is 1. The average Bonchev–Trinajstić information content (AvgIpc) is 2.67. The molecule has 1 heterocycles. The monoisotopic (exact) mass is 399 g/mol. The number of likely N-dealkylation sites (N-methyl/N-ethyl adjacent to an activating group) is 1. The van der Waals surface area contributed by atoms with Crippen molar-refractivity contribution in [2.45, 2.75) is 17.9 Å². The lowest BCUT2D eigenvalue weighted by Crippen LogP contribution is -2.34. The van der Waals surface area contributed by atoms with Crippen LogP contribution >= 0.6 is 0 Å². The molecule has 0 aliphatic rings. The largest absolute Gasteiger partial charge is 0.497 e. The van der Waals surface area contributed by atoms with E-state index in [9.17, 15) is 8.42 Å². The van der Waals surface area contributed by atoms with Gasteiger partial charge in [0, 0.05) is 24.2 Å². The van der Waals surface area contributed by atoms with Crippen LogP contribution in [0.15, 0.2) is 59.6 Å². The molecule has 2 aromatic carbocycles. The summed E-state index contributed by atoms with van der Waals surface area (Å²) in [5.74, 6) is 0.737. The highest BCUT2D eigenvalue weighted by molar-refractivity contribution is 7.89. The fourth-order valence-corrected chi connectivity index (χ4v) is 4.39. The number of nitrogens with zero attached hydrogens (tertiary/aromatic N) is 2. The van der Waals surface area contributed by atoms with Gasteiger partial charge in [0.1, 0.15) is 10.6 Å². The number of hydrogen-bond donors (Lipinski definition) is 1. The summed E-state index contributed by atoms with van der Waals surface area (Å²) in [5.41, 5.74) is 2.43. The minimum Gasteiger partial charge on any atom is -0.497 e. The molecule has 6 nitrogen and oxygen atoms in total. The minimum atomic E-state index is -3.72. The maximum atomic E-state index is 13.0. The molecule has 0 amide bonds. The topological polar surface area (TPSA) is 71.5 Å². The van der Waals surface area contributed by atoms with Gasteiger partial charge in [0.2, 0.25) is 10.0 Å². The molecule has 0 fully saturated rings. The van der Waals surface area contributed by atoms with E-state index in [2.05, 4.69) is 9.71 Å². The number of pyridine rings is 1. The van der Waals surface area contributed by atoms with E-state index >= 15 is 0 Å². The lowest BCUT2D eigenvalue weighted by Gasteiger charge is -2.25. The molecule has 0 radical (unpaired) electrons. The molecule has 7 heteroatoms. The average molecular weight is 400 g/mol. The first kappa shape index (κ1) is 20.3. The van der Waals surface area contributed by atoms with Crippen LogP contribution in [0.5, 0.6) is 5.75 Å². The van der Waals surface area contributed by atoms with E-state index in [0.29, 0.717) is 5.52 Å². The first-order valence-electron chi connectivity index (χ1n) is 8.97. The van der Waals surface area contributed by atoms with Crippen LogP contribution < -0.4 is 9.46 Å². The second-order valence-corrected chi connectivity index (χ2v) is 8.68. The van der Waals surface area contributed by atoms with E-state index in [1.807, 2.05) is 62.3 Å². The number of methoxy groups -OCH3 is 1. The number of para-hydroxylation sites is 1. The maximum Gasteiger partial charge on any atom is 0.242 e. The molecule has 3 rings (SSSR count). The smallest absolute Gasteiger partial charge is 0.242 e. The van der Waals surface area contributed by atoms with Crippen molar-refractivity contribution in [2.75, 3.05) is 27.7 Å². The van der Waals surface area contributed by atoms with Gasteiger partial charge in [-0.05, 0) is 56.4 Å². The minimum absolute atomic E-state index is 0.143. The lowest BCUT2D eigenvalue weighted by atomic mass is 10.1. The van der Waals surface area contributed by atoms with Crippen LogP contribution in [-0.4, -0.2) is 46.1 Å². The summed E-state index contributed by atoms with van der Waals surface area (Å²) in [7, 11) is 1.73. The zero-order chi connectivity index (χ0) is 20.3. The number of fused-ring (bicyclic) bond motifs is 1. The number of rotatable bonds is 7. The number of aryl methyl sites for hydroxylation is 1. The van der Waals surface area contributed by atoms with Crippen molar-refractivity contribution < 1.29 is 13.2 Å². The summed E-state index contributed by atoms with van der Waals surface area (Å²) in [6.45, 7) is 2.16. The predicted octanol–water partition coefficient (Wildman–Crippen LogP) is 3.13. The first-order valence-corrected chi connectivity index (χ1v) is 10.5. The SMILES string of the molecule is COc1cccc(C(CNS(=O)(=O)c2cccc3cc(C)cnc23)N(C)C)c1. The highest BCUT2D eigenvalue weighted by atomic mass is 32.2. The van der Waals surface area contributed by atoms with Gasteiger partial charge < -0.3 is 9.64 Å². The number of sulfonamides is 1. The van der Waals surface area contributed by atoms with Crippen molar-refractivity contribution in [3.8, 4) is 5.75 Å². The predicted molar refractivity (Wildman–Crippen MR) is 111 cm³/mol. The normalized spacial score (nSPS) is 13.0. The van der Waals surface area contributed by atoms with Gasteiger partial charge >= 0.3 is 0 Å². The van der Waals surface area contributed by atoms with Gasteiger partial charge in [-0.3, -0.25) is 4.98 Å². The molecular formula is C21H25N3O3S. The van der Waals surface area contributed by atoms with Gasteiger partial charge in [0.15, 0.2) is 0 Å². The molecule has 0 saturated carbocycles. The van der Waals surface area contributed by atoms with Crippen molar-refractivity contribution in [2.24, 2.45) is 0 Å². The van der Waals surface area contributed by atoms with Crippen LogP contribution in [-0.2, 0) is 10.0 Å². The molecule has 1 aromatic heterocycles. The van der Waals surface area contributed by atoms with Crippen molar-refractivity contribution >= 4 is 20.9 Å². The Morgan fingerprint density at radius 3 is 2.61 bits per heavy atom. The highest BCUT2D eigenvalue weighted by Crippen LogP contribution is 2.24. The van der Waals surface area contributed by atoms with Crippen molar-refractivity contribution in [3.63, 3.8) is 0 Å². The third kappa shape index (κ3) is 4.32. The van der Waals surface area contributed by atoms with Crippen LogP contribution in [0.4, 0.5) is 0 Å². The second kappa shape index (κ2) is 8.26. The molecule has 0 aliphatic carbocycles. The third-order valence-electron chi connectivity index (χ3n) is 4.67. The number of hydrogen-bond acceptors (Lipinski definition) is 5. The molecular weight excluding hydrogens is 374 g/mol. The molecule has 1 atom stereocenters. The second-order valence-electron chi connectivity index (χ2n) is 6.95. The molecule has 3 aromatic rings.